The minimum atomic E-state index is -4.08. The minimum Gasteiger partial charge on any atom is -0.478 e. The molecule has 1 aromatic rings. The van der Waals surface area contributed by atoms with E-state index >= 15 is 0 Å². The van der Waals surface area contributed by atoms with Gasteiger partial charge in [-0.05, 0) is 12.5 Å². The van der Waals surface area contributed by atoms with Crippen molar-refractivity contribution < 1.29 is 23.1 Å². The summed E-state index contributed by atoms with van der Waals surface area (Å²) in [5, 5.41) is 18.4. The zero-order valence-electron chi connectivity index (χ0n) is 11.3. The number of nitrogens with one attached hydrogen (secondary N) is 1. The number of rotatable bonds is 5. The Bertz CT molecular complexity index is 855. The number of hydrogen-bond acceptors (Lipinski definition) is 8. The molecule has 0 saturated carbocycles. The predicted molar refractivity (Wildman–Crippen MR) is 77.8 cm³/mol. The Labute approximate surface area is 133 Å². The van der Waals surface area contributed by atoms with Gasteiger partial charge in [0.1, 0.15) is 5.51 Å². The molecule has 23 heavy (non-hydrogen) atoms. The first-order valence-corrected chi connectivity index (χ1v) is 8.49. The molecule has 1 atom stereocenters. The first kappa shape index (κ1) is 15.3. The number of sulfonamides is 1. The van der Waals surface area contributed by atoms with E-state index in [4.69, 9.17) is 5.11 Å². The number of amides is 1. The molecule has 2 N–H and O–H groups in total. The maximum absolute atomic E-state index is 12.7. The number of allylic oxidation sites excluding steroid dienone is 2. The molecule has 2 heterocycles. The number of hydrogen-bond donors (Lipinski definition) is 2. The third kappa shape index (κ3) is 2.51. The molecule has 1 aromatic heterocycles. The standard InChI is InChI=1S/C11H9N5O5S2/c17-4-12-10-14-7-3-6(9(18)19)1-2-8(7)16(10)23(20,21)11-15-13-5-22-11/h2-5,10H,1H2,(H,12,17)(H,18,19). The van der Waals surface area contributed by atoms with E-state index in [-0.39, 0.29) is 27.7 Å². The van der Waals surface area contributed by atoms with Gasteiger partial charge in [-0.25, -0.2) is 14.1 Å². The van der Waals surface area contributed by atoms with Crippen LogP contribution in [0.5, 0.6) is 0 Å². The molecule has 0 radical (unpaired) electrons. The lowest BCUT2D eigenvalue weighted by molar-refractivity contribution is -0.132. The average Bonchev–Trinajstić information content (AvgIpc) is 3.14. The van der Waals surface area contributed by atoms with Crippen LogP contribution >= 0.6 is 11.3 Å². The molecule has 3 rings (SSSR count). The third-order valence-electron chi connectivity index (χ3n) is 3.12. The van der Waals surface area contributed by atoms with Crippen LogP contribution in [-0.4, -0.2) is 52.4 Å². The van der Waals surface area contributed by atoms with Crippen LogP contribution in [-0.2, 0) is 19.6 Å². The first-order valence-electron chi connectivity index (χ1n) is 6.17. The second-order valence-electron chi connectivity index (χ2n) is 4.45. The summed E-state index contributed by atoms with van der Waals surface area (Å²) in [5.41, 5.74) is 1.71. The first-order chi connectivity index (χ1) is 10.9. The van der Waals surface area contributed by atoms with Crippen molar-refractivity contribution in [1.82, 2.24) is 19.8 Å². The number of carboxylic acids is 1. The number of aliphatic carboxylic acids is 1. The van der Waals surface area contributed by atoms with E-state index in [1.165, 1.54) is 17.7 Å². The summed E-state index contributed by atoms with van der Waals surface area (Å²) in [6.45, 7) is 0. The van der Waals surface area contributed by atoms with Gasteiger partial charge in [-0.15, -0.1) is 10.2 Å². The number of carbonyl (C=O) groups excluding carboxylic acids is 1. The summed E-state index contributed by atoms with van der Waals surface area (Å²) >= 11 is 0.826. The quantitative estimate of drug-likeness (QED) is 0.666. The molecule has 1 amide bonds. The van der Waals surface area contributed by atoms with Crippen molar-refractivity contribution in [3.8, 4) is 0 Å². The molecule has 10 nitrogen and oxygen atoms in total. The lowest BCUT2D eigenvalue weighted by Gasteiger charge is -2.24. The molecular formula is C11H9N5O5S2. The van der Waals surface area contributed by atoms with E-state index in [9.17, 15) is 18.0 Å². The molecule has 0 saturated heterocycles. The van der Waals surface area contributed by atoms with Crippen LogP contribution in [0.2, 0.25) is 0 Å². The Morgan fingerprint density at radius 2 is 2.30 bits per heavy atom. The molecule has 1 unspecified atom stereocenters. The van der Waals surface area contributed by atoms with Gasteiger partial charge in [-0.1, -0.05) is 17.4 Å². The Morgan fingerprint density at radius 1 is 1.52 bits per heavy atom. The molecule has 1 aliphatic heterocycles. The Kier molecular flexibility index (Phi) is 3.69. The normalized spacial score (nSPS) is 20.3. The summed E-state index contributed by atoms with van der Waals surface area (Å²) in [4.78, 5) is 25.8. The zero-order valence-corrected chi connectivity index (χ0v) is 12.9. The van der Waals surface area contributed by atoms with Crippen molar-refractivity contribution >= 4 is 39.5 Å². The number of carboxylic acid groups (broad SMARTS) is 1. The molecule has 2 aliphatic rings. The van der Waals surface area contributed by atoms with Crippen LogP contribution in [0, 0.1) is 0 Å². The number of aliphatic imine (C=N–C) groups is 1. The second kappa shape index (κ2) is 5.55. The van der Waals surface area contributed by atoms with Gasteiger partial charge in [0.25, 0.3) is 14.4 Å². The number of carbonyl (C=O) groups is 2. The predicted octanol–water partition coefficient (Wildman–Crippen LogP) is -0.688. The summed E-state index contributed by atoms with van der Waals surface area (Å²) in [6.07, 6.45) is 1.88. The van der Waals surface area contributed by atoms with Crippen LogP contribution in [0.4, 0.5) is 0 Å². The Balaban J connectivity index is 2.05. The van der Waals surface area contributed by atoms with Gasteiger partial charge in [0.15, 0.2) is 0 Å². The molecule has 0 aromatic carbocycles. The second-order valence-corrected chi connectivity index (χ2v) is 7.27. The summed E-state index contributed by atoms with van der Waals surface area (Å²) in [7, 11) is -4.08. The highest BCUT2D eigenvalue weighted by Gasteiger charge is 2.42. The number of nitrogens with zero attached hydrogens (tertiary/aromatic N) is 4. The van der Waals surface area contributed by atoms with Crippen molar-refractivity contribution in [3.63, 3.8) is 0 Å². The summed E-state index contributed by atoms with van der Waals surface area (Å²) in [6, 6.07) is 0. The average molecular weight is 355 g/mol. The number of aromatic nitrogens is 2. The van der Waals surface area contributed by atoms with Gasteiger partial charge in [-0.2, -0.15) is 8.42 Å². The van der Waals surface area contributed by atoms with Crippen LogP contribution in [0.25, 0.3) is 0 Å². The zero-order chi connectivity index (χ0) is 16.6. The maximum Gasteiger partial charge on any atom is 0.331 e. The number of fused-ring (bicyclic) bond motifs is 1. The van der Waals surface area contributed by atoms with Crippen molar-refractivity contribution in [2.45, 2.75) is 17.1 Å². The largest absolute Gasteiger partial charge is 0.478 e. The van der Waals surface area contributed by atoms with E-state index in [2.05, 4.69) is 20.5 Å². The van der Waals surface area contributed by atoms with Crippen molar-refractivity contribution in [2.75, 3.05) is 0 Å². The van der Waals surface area contributed by atoms with E-state index in [1.54, 1.807) is 0 Å². The summed E-state index contributed by atoms with van der Waals surface area (Å²) in [5.74, 6) is -1.12. The van der Waals surface area contributed by atoms with E-state index in [0.29, 0.717) is 6.41 Å². The van der Waals surface area contributed by atoms with E-state index < -0.39 is 22.3 Å². The SMILES string of the molecule is O=CNC1N=C2C=C(C(=O)O)CC=C2N1S(=O)(=O)c1nncs1. The minimum absolute atomic E-state index is 0.0413. The monoisotopic (exact) mass is 355 g/mol. The van der Waals surface area contributed by atoms with E-state index in [0.717, 1.165) is 15.6 Å². The van der Waals surface area contributed by atoms with Gasteiger partial charge in [0.05, 0.1) is 11.4 Å². The third-order valence-corrected chi connectivity index (χ3v) is 5.96. The molecule has 0 fully saturated rings. The highest BCUT2D eigenvalue weighted by atomic mass is 32.2. The van der Waals surface area contributed by atoms with E-state index in [1.807, 2.05) is 0 Å². The molecule has 0 spiro atoms. The van der Waals surface area contributed by atoms with Crippen LogP contribution in [0.3, 0.4) is 0 Å². The fourth-order valence-electron chi connectivity index (χ4n) is 2.17. The fourth-order valence-corrected chi connectivity index (χ4v) is 4.42. The molecule has 1 aliphatic carbocycles. The van der Waals surface area contributed by atoms with Gasteiger partial charge in [-0.3, -0.25) is 4.79 Å². The highest BCUT2D eigenvalue weighted by molar-refractivity contribution is 7.91. The highest BCUT2D eigenvalue weighted by Crippen LogP contribution is 2.32. The van der Waals surface area contributed by atoms with Gasteiger partial charge in [0, 0.05) is 5.57 Å². The molecule has 12 heteroatoms. The van der Waals surface area contributed by atoms with Crippen LogP contribution < -0.4 is 5.32 Å². The molecule has 120 valence electrons. The maximum atomic E-state index is 12.7. The van der Waals surface area contributed by atoms with Crippen LogP contribution in [0.15, 0.2) is 38.3 Å². The van der Waals surface area contributed by atoms with Crippen LogP contribution in [0.1, 0.15) is 6.42 Å². The topological polar surface area (TPSA) is 142 Å². The van der Waals surface area contributed by atoms with Gasteiger partial charge >= 0.3 is 5.97 Å². The lowest BCUT2D eigenvalue weighted by Crippen LogP contribution is -2.43. The van der Waals surface area contributed by atoms with Gasteiger partial charge < -0.3 is 10.4 Å². The fraction of sp³-hybridized carbons (Fsp3) is 0.182. The lowest BCUT2D eigenvalue weighted by atomic mass is 10.0. The van der Waals surface area contributed by atoms with Crippen molar-refractivity contribution in [2.24, 2.45) is 4.99 Å². The smallest absolute Gasteiger partial charge is 0.331 e. The summed E-state index contributed by atoms with van der Waals surface area (Å²) < 4.78 is 26.0. The Morgan fingerprint density at radius 3 is 2.91 bits per heavy atom. The molecular weight excluding hydrogens is 346 g/mol. The van der Waals surface area contributed by atoms with Gasteiger partial charge in [0.2, 0.25) is 12.7 Å². The van der Waals surface area contributed by atoms with Crippen molar-refractivity contribution in [1.29, 1.82) is 0 Å². The Hall–Kier alpha value is -2.60. The molecule has 0 bridgehead atoms. The van der Waals surface area contributed by atoms with Crippen molar-refractivity contribution in [3.05, 3.63) is 28.9 Å².